The van der Waals surface area contributed by atoms with Gasteiger partial charge in [-0.15, -0.1) is 0 Å². The molecule has 16 heavy (non-hydrogen) atoms. The van der Waals surface area contributed by atoms with Gasteiger partial charge in [0, 0.05) is 0 Å². The summed E-state index contributed by atoms with van der Waals surface area (Å²) < 4.78 is 24.9. The molecule has 0 N–H and O–H groups in total. The normalized spacial score (nSPS) is 11.2. The van der Waals surface area contributed by atoms with Crippen molar-refractivity contribution in [3.05, 3.63) is 0 Å². The molecule has 0 spiro atoms. The zero-order chi connectivity index (χ0) is 12.1. The van der Waals surface area contributed by atoms with Crippen molar-refractivity contribution in [2.24, 2.45) is 0 Å². The van der Waals surface area contributed by atoms with Gasteiger partial charge in [-0.3, -0.25) is 0 Å². The predicted molar refractivity (Wildman–Crippen MR) is 57.8 cm³/mol. The van der Waals surface area contributed by atoms with E-state index in [0.717, 1.165) is 12.8 Å². The SMILES string of the molecule is CCCCCCCCCCCCO[I+2]([O-])[O-]. The van der Waals surface area contributed by atoms with E-state index in [-0.39, 0.29) is 0 Å². The minimum atomic E-state index is -3.40. The standard InChI is InChI=1S/C12H25IO3/c1-2-3-4-5-6-7-8-9-10-11-12-16-13(14)15/h2-12H2,1H3. The van der Waals surface area contributed by atoms with Gasteiger partial charge in [-0.05, 0) is 9.49 Å². The minimum absolute atomic E-state index is 0.397. The van der Waals surface area contributed by atoms with E-state index >= 15 is 0 Å². The van der Waals surface area contributed by atoms with Crippen molar-refractivity contribution in [1.29, 1.82) is 0 Å². The van der Waals surface area contributed by atoms with Crippen molar-refractivity contribution >= 4 is 0 Å². The third-order valence-corrected chi connectivity index (χ3v) is 3.61. The van der Waals surface area contributed by atoms with E-state index in [1.54, 1.807) is 0 Å². The summed E-state index contributed by atoms with van der Waals surface area (Å²) in [5.41, 5.74) is 0. The van der Waals surface area contributed by atoms with Crippen LogP contribution in [0.5, 0.6) is 0 Å². The average Bonchev–Trinajstić information content (AvgIpc) is 2.25. The van der Waals surface area contributed by atoms with Crippen molar-refractivity contribution in [3.63, 3.8) is 0 Å². The molecule has 0 aromatic carbocycles. The summed E-state index contributed by atoms with van der Waals surface area (Å²) in [5, 5.41) is 0. The van der Waals surface area contributed by atoms with Crippen LogP contribution < -0.4 is 27.9 Å². The molecule has 0 aromatic heterocycles. The van der Waals surface area contributed by atoms with Gasteiger partial charge in [0.1, 0.15) is 6.61 Å². The number of hydrogen-bond acceptors (Lipinski definition) is 3. The van der Waals surface area contributed by atoms with Gasteiger partial charge in [0.05, 0.1) is 0 Å². The first-order valence-corrected chi connectivity index (χ1v) is 9.10. The van der Waals surface area contributed by atoms with E-state index in [4.69, 9.17) is 0 Å². The van der Waals surface area contributed by atoms with E-state index in [9.17, 15) is 6.87 Å². The maximum absolute atomic E-state index is 10.2. The summed E-state index contributed by atoms with van der Waals surface area (Å²) in [6.07, 6.45) is 12.6. The fraction of sp³-hybridized carbons (Fsp3) is 1.00. The summed E-state index contributed by atoms with van der Waals surface area (Å²) in [4.78, 5) is 0. The van der Waals surface area contributed by atoms with Crippen LogP contribution in [-0.4, -0.2) is 6.61 Å². The summed E-state index contributed by atoms with van der Waals surface area (Å²) in [6.45, 7) is 2.63. The molecule has 0 atom stereocenters. The average molecular weight is 344 g/mol. The van der Waals surface area contributed by atoms with Crippen molar-refractivity contribution in [3.8, 4) is 0 Å². The Morgan fingerprint density at radius 1 is 0.750 bits per heavy atom. The summed E-state index contributed by atoms with van der Waals surface area (Å²) in [7, 11) is 0. The van der Waals surface area contributed by atoms with Gasteiger partial charge in [-0.2, -0.15) is 0 Å². The zero-order valence-corrected chi connectivity index (χ0v) is 12.5. The Labute approximate surface area is 109 Å². The van der Waals surface area contributed by atoms with E-state index < -0.39 is 21.1 Å². The first kappa shape index (κ1) is 16.6. The van der Waals surface area contributed by atoms with Crippen molar-refractivity contribution in [2.45, 2.75) is 71.1 Å². The second kappa shape index (κ2) is 13.7. The van der Waals surface area contributed by atoms with Crippen molar-refractivity contribution in [2.75, 3.05) is 6.61 Å². The Hall–Kier alpha value is 0.610. The molecule has 0 aliphatic heterocycles. The van der Waals surface area contributed by atoms with Crippen LogP contribution in [0, 0.1) is 0 Å². The Kier molecular flexibility index (Phi) is 14.2. The molecule has 0 heterocycles. The summed E-state index contributed by atoms with van der Waals surface area (Å²) >= 11 is -3.40. The van der Waals surface area contributed by atoms with Crippen LogP contribution in [0.4, 0.5) is 0 Å². The van der Waals surface area contributed by atoms with Crippen LogP contribution in [0.2, 0.25) is 0 Å². The molecule has 0 radical (unpaired) electrons. The van der Waals surface area contributed by atoms with Crippen molar-refractivity contribution in [1.82, 2.24) is 0 Å². The van der Waals surface area contributed by atoms with Gasteiger partial charge in [0.2, 0.25) is 0 Å². The highest BCUT2D eigenvalue weighted by molar-refractivity contribution is 4.46. The van der Waals surface area contributed by atoms with Crippen LogP contribution in [0.3, 0.4) is 0 Å². The molecule has 0 aliphatic rings. The lowest BCUT2D eigenvalue weighted by Gasteiger charge is -2.00. The Bertz CT molecular complexity index is 131. The zero-order valence-electron chi connectivity index (χ0n) is 10.4. The molecule has 98 valence electrons. The van der Waals surface area contributed by atoms with Gasteiger partial charge in [0.25, 0.3) is 0 Å². The van der Waals surface area contributed by atoms with E-state index in [1.807, 2.05) is 0 Å². The monoisotopic (exact) mass is 344 g/mol. The second-order valence-electron chi connectivity index (χ2n) is 4.18. The highest BCUT2D eigenvalue weighted by atomic mass is 127. The molecular formula is C12H25IO3. The molecule has 0 saturated heterocycles. The van der Waals surface area contributed by atoms with Crippen LogP contribution in [0.15, 0.2) is 0 Å². The van der Waals surface area contributed by atoms with Crippen LogP contribution >= 0.6 is 0 Å². The van der Waals surface area contributed by atoms with Gasteiger partial charge >= 0.3 is 21.1 Å². The van der Waals surface area contributed by atoms with Gasteiger partial charge in [-0.1, -0.05) is 64.7 Å². The number of hydrogen-bond donors (Lipinski definition) is 0. The molecule has 0 rings (SSSR count). The highest BCUT2D eigenvalue weighted by Gasteiger charge is 2.09. The summed E-state index contributed by atoms with van der Waals surface area (Å²) in [5.74, 6) is 0. The topological polar surface area (TPSA) is 55.3 Å². The molecule has 0 amide bonds. The van der Waals surface area contributed by atoms with Crippen molar-refractivity contribution < 1.29 is 31.0 Å². The number of halogens is 1. The fourth-order valence-corrected chi connectivity index (χ4v) is 2.38. The molecule has 0 unspecified atom stereocenters. The Morgan fingerprint density at radius 2 is 1.19 bits per heavy atom. The maximum atomic E-state index is 10.2. The van der Waals surface area contributed by atoms with Gasteiger partial charge in [0.15, 0.2) is 0 Å². The van der Waals surface area contributed by atoms with Crippen LogP contribution in [0.1, 0.15) is 71.1 Å². The first-order chi connectivity index (χ1) is 7.77. The van der Waals surface area contributed by atoms with Gasteiger partial charge in [-0.25, -0.2) is 0 Å². The molecule has 0 aromatic rings. The smallest absolute Gasteiger partial charge is 0.396 e. The van der Waals surface area contributed by atoms with E-state index in [2.05, 4.69) is 9.99 Å². The lowest BCUT2D eigenvalue weighted by Crippen LogP contribution is -3.99. The highest BCUT2D eigenvalue weighted by Crippen LogP contribution is 2.10. The predicted octanol–water partition coefficient (Wildman–Crippen LogP) is -0.986. The quantitative estimate of drug-likeness (QED) is 0.338. The number of rotatable bonds is 12. The Balaban J connectivity index is 2.88. The van der Waals surface area contributed by atoms with E-state index in [1.165, 1.54) is 51.4 Å². The molecule has 0 fully saturated rings. The molecule has 0 saturated carbocycles. The molecular weight excluding hydrogens is 319 g/mol. The second-order valence-corrected chi connectivity index (χ2v) is 5.89. The maximum Gasteiger partial charge on any atom is 0.506 e. The summed E-state index contributed by atoms with van der Waals surface area (Å²) in [6, 6.07) is 0. The lowest BCUT2D eigenvalue weighted by atomic mass is 10.1. The third kappa shape index (κ3) is 14.6. The minimum Gasteiger partial charge on any atom is -0.396 e. The fourth-order valence-electron chi connectivity index (χ4n) is 1.71. The first-order valence-electron chi connectivity index (χ1n) is 6.46. The molecule has 3 nitrogen and oxygen atoms in total. The van der Waals surface area contributed by atoms with Crippen LogP contribution in [0.25, 0.3) is 0 Å². The molecule has 0 bridgehead atoms. The van der Waals surface area contributed by atoms with E-state index in [0.29, 0.717) is 6.61 Å². The largest absolute Gasteiger partial charge is 0.506 e. The number of unbranched alkanes of at least 4 members (excludes halogenated alkanes) is 9. The third-order valence-electron chi connectivity index (χ3n) is 2.66. The molecule has 0 aliphatic carbocycles. The van der Waals surface area contributed by atoms with Crippen LogP contribution in [-0.2, 0) is 3.07 Å². The Morgan fingerprint density at radius 3 is 1.62 bits per heavy atom. The van der Waals surface area contributed by atoms with Gasteiger partial charge < -0.3 is 6.87 Å². The lowest BCUT2D eigenvalue weighted by molar-refractivity contribution is -1.63. The molecule has 4 heteroatoms.